The van der Waals surface area contributed by atoms with Crippen molar-refractivity contribution in [3.63, 3.8) is 0 Å². The minimum absolute atomic E-state index is 0.00621. The first kappa shape index (κ1) is 108. The Morgan fingerprint density at radius 3 is 1.10 bits per heavy atom. The van der Waals surface area contributed by atoms with E-state index in [9.17, 15) is 39.6 Å². The first-order valence-corrected chi connectivity index (χ1v) is 55.4. The molecule has 1 amide bonds. The van der Waals surface area contributed by atoms with E-state index in [0.29, 0.717) is 89.5 Å². The first-order valence-electron chi connectivity index (χ1n) is 47.9. The molecule has 5 aromatic heterocycles. The van der Waals surface area contributed by atoms with Gasteiger partial charge in [-0.2, -0.15) is 13.7 Å². The van der Waals surface area contributed by atoms with Crippen molar-refractivity contribution in [2.45, 2.75) is 123 Å². The molecule has 7 heterocycles. The number of amides is 1. The number of nitrogens with one attached hydrogen (secondary N) is 1. The van der Waals surface area contributed by atoms with Crippen LogP contribution >= 0.6 is 64.8 Å². The van der Waals surface area contributed by atoms with E-state index in [1.165, 1.54) is 65.1 Å². The van der Waals surface area contributed by atoms with Crippen LogP contribution < -0.4 is 58.4 Å². The number of carbonyl (C=O) groups is 4. The number of nitrogens with two attached hydrogens (primary N) is 1. The summed E-state index contributed by atoms with van der Waals surface area (Å²) in [5.74, 6) is 6.27. The van der Waals surface area contributed by atoms with Crippen LogP contribution in [0.1, 0.15) is 146 Å². The molecule has 2 aliphatic heterocycles. The fourth-order valence-corrected chi connectivity index (χ4v) is 21.1. The third-order valence-electron chi connectivity index (χ3n) is 23.0. The number of aromatic nitrogens is 5. The van der Waals surface area contributed by atoms with Crippen molar-refractivity contribution < 1.29 is 62.4 Å². The summed E-state index contributed by atoms with van der Waals surface area (Å²) in [4.78, 5) is 60.7. The maximum atomic E-state index is 12.5. The monoisotopic (exact) mass is 1950 g/mol. The molecule has 5 aromatic carbocycles. The third-order valence-corrected chi connectivity index (χ3v) is 30.3. The van der Waals surface area contributed by atoms with Crippen LogP contribution in [0, 0.1) is 0 Å². The zero-order chi connectivity index (χ0) is 95.6. The molecule has 720 valence electrons. The molecule has 7 N–H and O–H groups in total. The molecule has 0 saturated carbocycles. The largest absolute Gasteiger partial charge is 0.395 e. The van der Waals surface area contributed by atoms with E-state index in [-0.39, 0.29) is 38.1 Å². The molecule has 0 unspecified atom stereocenters. The zero-order valence-corrected chi connectivity index (χ0v) is 84.3. The van der Waals surface area contributed by atoms with Gasteiger partial charge in [-0.25, -0.2) is 9.13 Å². The molecule has 20 nitrogen and oxygen atoms in total. The Morgan fingerprint density at radius 1 is 0.346 bits per heavy atom. The number of hydrogen-bond donors (Lipinski definition) is 6. The first-order chi connectivity index (χ1) is 66.7. The Labute approximate surface area is 831 Å². The van der Waals surface area contributed by atoms with Crippen LogP contribution in [0.25, 0.3) is 60.8 Å². The standard InChI is InChI=1S/C48H64N4O6S2.C43H50N5O2S2.C19H26N3S2/c53-35-31-51(32-36-54)45-15-11-41(12-16-45)7-9-43-19-27-49(28-20-43)25-3-1-5-47(57)23-39-59-60-40-24-48(58)6-2-4-26-50-29-21-44(22-30-50)10-8-42-13-17-46(18-14-42)52(33-37-55)34-38-56;49-42(34-45-28-19-38(20-29-45)9-7-36-11-15-40(16-12-36)47-24-1-2-25-47)6-5-32-51-52-33-23-44-43(50)35-46-30-21-39(22-31-46)10-8-37-13-17-41(18-14-37)48-26-3-4-27-48;1-21(2)18-9-6-17(7-10-18)8-11-19-5-3-4-13-22(19)14-16-24-23-15-12-20/h7-22,27-30,53-56H,1-6,23-26,31-40H2;7-22,28-31H,1-6,23-27,32-35H2;3-11,13H,12,14-16,20H2,1-2H3/q+2;2*+1/p+1. The molecule has 12 rings (SSSR count). The maximum Gasteiger partial charge on any atom is 0.286 e. The van der Waals surface area contributed by atoms with Gasteiger partial charge in [0, 0.05) is 248 Å². The van der Waals surface area contributed by atoms with Crippen molar-refractivity contribution in [2.24, 2.45) is 5.73 Å². The van der Waals surface area contributed by atoms with Crippen molar-refractivity contribution >= 4 is 177 Å². The molecule has 2 fully saturated rings. The van der Waals surface area contributed by atoms with Gasteiger partial charge >= 0.3 is 0 Å². The number of aliphatic hydroxyl groups excluding tert-OH is 4. The summed E-state index contributed by atoms with van der Waals surface area (Å²) in [7, 11) is 14.7. The average Bonchev–Trinajstić information content (AvgIpc) is 1.63. The Kier molecular flexibility index (Phi) is 50.9. The van der Waals surface area contributed by atoms with Gasteiger partial charge in [0.15, 0.2) is 68.1 Å². The number of ketones is 3. The van der Waals surface area contributed by atoms with Gasteiger partial charge in [0.25, 0.3) is 5.91 Å². The van der Waals surface area contributed by atoms with E-state index in [2.05, 4.69) is 267 Å². The lowest BCUT2D eigenvalue weighted by molar-refractivity contribution is -0.697. The zero-order valence-electron chi connectivity index (χ0n) is 79.4. The van der Waals surface area contributed by atoms with E-state index >= 15 is 0 Å². The molecule has 2 aliphatic rings. The fourth-order valence-electron chi connectivity index (χ4n) is 15.3. The lowest BCUT2D eigenvalue weighted by Crippen LogP contribution is -2.42. The van der Waals surface area contributed by atoms with Gasteiger partial charge in [-0.1, -0.05) is 174 Å². The summed E-state index contributed by atoms with van der Waals surface area (Å²) < 4.78 is 10.4. The highest BCUT2D eigenvalue weighted by molar-refractivity contribution is 8.77. The number of carbonyl (C=O) groups excluding carboxylic acids is 4. The summed E-state index contributed by atoms with van der Waals surface area (Å²) in [6.07, 6.45) is 52.0. The highest BCUT2D eigenvalue weighted by atomic mass is 33.1. The smallest absolute Gasteiger partial charge is 0.286 e. The second-order valence-corrected chi connectivity index (χ2v) is 41.8. The number of benzene rings is 5. The maximum absolute atomic E-state index is 12.5. The van der Waals surface area contributed by atoms with Gasteiger partial charge in [0.2, 0.25) is 18.8 Å². The molecule has 0 atom stereocenters. The minimum Gasteiger partial charge on any atom is -0.395 e. The van der Waals surface area contributed by atoms with Crippen LogP contribution in [0.15, 0.2) is 244 Å². The minimum atomic E-state index is 0.00621. The summed E-state index contributed by atoms with van der Waals surface area (Å²) in [6, 6.07) is 65.1. The number of pyridine rings is 5. The van der Waals surface area contributed by atoms with E-state index in [0.717, 1.165) is 164 Å². The number of hydrogen-bond acceptors (Lipinski definition) is 20. The highest BCUT2D eigenvalue weighted by Crippen LogP contribution is 2.28. The number of aryl methyl sites for hydroxylation is 3. The van der Waals surface area contributed by atoms with E-state index in [4.69, 9.17) is 5.73 Å². The average molecular weight is 1950 g/mol. The van der Waals surface area contributed by atoms with Gasteiger partial charge in [-0.15, -0.1) is 0 Å². The lowest BCUT2D eigenvalue weighted by Gasteiger charge is -2.22. The second kappa shape index (κ2) is 64.2. The quantitative estimate of drug-likeness (QED) is 0.0118. The van der Waals surface area contributed by atoms with Gasteiger partial charge in [-0.05, 0) is 168 Å². The Balaban J connectivity index is 0.000000228. The normalized spacial score (nSPS) is 12.6. The molecule has 0 spiro atoms. The molecular formula is C110H141N12O8S6+5. The summed E-state index contributed by atoms with van der Waals surface area (Å²) in [5, 5.41) is 40.1. The molecule has 26 heteroatoms. The van der Waals surface area contributed by atoms with Crippen LogP contribution in [0.5, 0.6) is 0 Å². The molecule has 10 aromatic rings. The molecule has 136 heavy (non-hydrogen) atoms. The van der Waals surface area contributed by atoms with Crippen molar-refractivity contribution in [2.75, 3.05) is 165 Å². The van der Waals surface area contributed by atoms with Crippen molar-refractivity contribution in [3.05, 3.63) is 300 Å². The van der Waals surface area contributed by atoms with Crippen molar-refractivity contribution in [1.82, 2.24) is 5.32 Å². The van der Waals surface area contributed by atoms with E-state index < -0.39 is 0 Å². The number of unbranched alkanes of at least 4 members (excludes halogenated alkanes) is 2. The predicted octanol–water partition coefficient (Wildman–Crippen LogP) is 17.4. The Hall–Kier alpha value is -10.1. The lowest BCUT2D eigenvalue weighted by atomic mass is 10.1. The van der Waals surface area contributed by atoms with Crippen molar-refractivity contribution in [3.8, 4) is 0 Å². The molecule has 0 bridgehead atoms. The number of nitrogens with zero attached hydrogens (tertiary/aromatic N) is 10. The van der Waals surface area contributed by atoms with Gasteiger partial charge in [0.05, 0.1) is 32.2 Å². The molecule has 0 aliphatic carbocycles. The van der Waals surface area contributed by atoms with Gasteiger partial charge in [-0.3, -0.25) is 19.2 Å². The van der Waals surface area contributed by atoms with Crippen LogP contribution in [0.2, 0.25) is 0 Å². The van der Waals surface area contributed by atoms with Gasteiger partial charge < -0.3 is 56.0 Å². The molecule has 0 radical (unpaired) electrons. The number of aliphatic hydroxyl groups is 4. The SMILES string of the molecule is CN(C)c1ccc(/C=C/c2cccc[n+]2CCSSCCN)cc1.O=C(CCCC[n+]1ccc(/C=C/c2ccc(N(CCO)CCO)cc2)cc1)CCSSCCC(=O)CCCC[n+]1ccc(/C=C/c2ccc(N(CCO)CCO)cc2)cc1.O=C(CCCSSCCNC(=O)C[n+]1ccc(/C=C/c2ccc(N3CCCC3)cc2)cc1)C[n+]1ccc(/C=C/c2ccc(N3CCCC3)cc2)cc1. The van der Waals surface area contributed by atoms with Crippen LogP contribution in [-0.4, -0.2) is 184 Å². The second-order valence-electron chi connectivity index (χ2n) is 33.6. The van der Waals surface area contributed by atoms with Crippen LogP contribution in [-0.2, 0) is 51.9 Å². The summed E-state index contributed by atoms with van der Waals surface area (Å²) in [5.41, 5.74) is 22.7. The van der Waals surface area contributed by atoms with Gasteiger partial charge in [0.1, 0.15) is 24.7 Å². The van der Waals surface area contributed by atoms with E-state index in [1.54, 1.807) is 43.2 Å². The van der Waals surface area contributed by atoms with Crippen LogP contribution in [0.4, 0.5) is 28.4 Å². The molecule has 2 saturated heterocycles. The highest BCUT2D eigenvalue weighted by Gasteiger charge is 2.18. The number of rotatable bonds is 58. The van der Waals surface area contributed by atoms with E-state index in [1.807, 2.05) is 126 Å². The summed E-state index contributed by atoms with van der Waals surface area (Å²) >= 11 is 0. The third kappa shape index (κ3) is 42.1. The number of anilines is 5. The topological polar surface area (TPSA) is 223 Å². The fraction of sp³-hybridized carbons (Fsp3) is 0.373. The van der Waals surface area contributed by atoms with Crippen molar-refractivity contribution in [1.29, 1.82) is 0 Å². The Bertz CT molecular complexity index is 4960. The molecular weight excluding hydrogens is 1810 g/mol. The number of Topliss-reactive ketones (excluding diaryl/α,β-unsaturated/α-hetero) is 3. The van der Waals surface area contributed by atoms with Crippen LogP contribution in [0.3, 0.4) is 0 Å². The predicted molar refractivity (Wildman–Crippen MR) is 578 cm³/mol. The summed E-state index contributed by atoms with van der Waals surface area (Å²) in [6.45, 7) is 11.6. The Morgan fingerprint density at radius 2 is 0.691 bits per heavy atom.